The first-order chi connectivity index (χ1) is 12.1. The van der Waals surface area contributed by atoms with Gasteiger partial charge in [0.1, 0.15) is 6.61 Å². The van der Waals surface area contributed by atoms with E-state index in [1.54, 1.807) is 6.08 Å². The number of esters is 2. The zero-order valence-electron chi connectivity index (χ0n) is 14.6. The van der Waals surface area contributed by atoms with E-state index in [0.717, 1.165) is 31.2 Å². The van der Waals surface area contributed by atoms with Crippen molar-refractivity contribution in [3.8, 4) is 0 Å². The van der Waals surface area contributed by atoms with Gasteiger partial charge in [-0.25, -0.2) is 4.79 Å². The fraction of sp³-hybridized carbons (Fsp3) is 0.429. The second-order valence-corrected chi connectivity index (χ2v) is 6.84. The normalized spacial score (nSPS) is 28.0. The highest BCUT2D eigenvalue weighted by molar-refractivity contribution is 5.83. The molecule has 3 rings (SSSR count). The van der Waals surface area contributed by atoms with Gasteiger partial charge in [0, 0.05) is 11.5 Å². The molecule has 4 heteroatoms. The first kappa shape index (κ1) is 17.5. The average Bonchev–Trinajstić information content (AvgIpc) is 2.91. The van der Waals surface area contributed by atoms with Gasteiger partial charge in [-0.2, -0.15) is 0 Å². The van der Waals surface area contributed by atoms with Gasteiger partial charge < -0.3 is 9.47 Å². The van der Waals surface area contributed by atoms with Crippen molar-refractivity contribution < 1.29 is 19.1 Å². The molecule has 0 bridgehead atoms. The van der Waals surface area contributed by atoms with Gasteiger partial charge in [0.15, 0.2) is 5.60 Å². The Morgan fingerprint density at radius 2 is 2.12 bits per heavy atom. The van der Waals surface area contributed by atoms with Gasteiger partial charge in [-0.05, 0) is 37.0 Å². The topological polar surface area (TPSA) is 52.6 Å². The molecule has 0 spiro atoms. The molecule has 1 aromatic carbocycles. The van der Waals surface area contributed by atoms with Crippen LogP contribution < -0.4 is 0 Å². The number of allylic oxidation sites excluding steroid dienone is 1. The number of hydrogen-bond acceptors (Lipinski definition) is 4. The summed E-state index contributed by atoms with van der Waals surface area (Å²) >= 11 is 0. The summed E-state index contributed by atoms with van der Waals surface area (Å²) < 4.78 is 11.0. The third kappa shape index (κ3) is 3.53. The third-order valence-electron chi connectivity index (χ3n) is 5.17. The zero-order chi connectivity index (χ0) is 17.8. The summed E-state index contributed by atoms with van der Waals surface area (Å²) in [7, 11) is 0. The van der Waals surface area contributed by atoms with E-state index in [1.807, 2.05) is 42.5 Å². The lowest BCUT2D eigenvalue weighted by atomic mass is 9.63. The van der Waals surface area contributed by atoms with Crippen molar-refractivity contribution >= 4 is 11.9 Å². The maximum atomic E-state index is 12.1. The molecule has 1 aromatic rings. The van der Waals surface area contributed by atoms with Gasteiger partial charge in [-0.3, -0.25) is 4.79 Å². The summed E-state index contributed by atoms with van der Waals surface area (Å²) in [5.41, 5.74) is -0.124. The van der Waals surface area contributed by atoms with E-state index in [-0.39, 0.29) is 18.0 Å². The van der Waals surface area contributed by atoms with Gasteiger partial charge in [0.2, 0.25) is 0 Å². The van der Waals surface area contributed by atoms with E-state index in [0.29, 0.717) is 6.42 Å². The van der Waals surface area contributed by atoms with Gasteiger partial charge in [-0.15, -0.1) is 0 Å². The zero-order valence-corrected chi connectivity index (χ0v) is 14.6. The van der Waals surface area contributed by atoms with Crippen LogP contribution in [0.2, 0.25) is 0 Å². The van der Waals surface area contributed by atoms with Gasteiger partial charge in [0.05, 0.1) is 6.42 Å². The Kier molecular flexibility index (Phi) is 5.07. The van der Waals surface area contributed by atoms with E-state index in [4.69, 9.17) is 9.47 Å². The summed E-state index contributed by atoms with van der Waals surface area (Å²) in [6, 6.07) is 9.54. The Morgan fingerprint density at radius 1 is 1.32 bits per heavy atom. The Labute approximate surface area is 148 Å². The van der Waals surface area contributed by atoms with Crippen LogP contribution in [-0.4, -0.2) is 17.5 Å². The molecule has 0 radical (unpaired) electrons. The summed E-state index contributed by atoms with van der Waals surface area (Å²) in [5.74, 6) is -0.618. The second-order valence-electron chi connectivity index (χ2n) is 6.84. The van der Waals surface area contributed by atoms with Crippen LogP contribution >= 0.6 is 0 Å². The van der Waals surface area contributed by atoms with Crippen LogP contribution in [0.5, 0.6) is 0 Å². The molecule has 0 amide bonds. The van der Waals surface area contributed by atoms with E-state index < -0.39 is 11.6 Å². The molecule has 0 unspecified atom stereocenters. The van der Waals surface area contributed by atoms with E-state index in [9.17, 15) is 9.59 Å². The van der Waals surface area contributed by atoms with Crippen molar-refractivity contribution in [1.82, 2.24) is 0 Å². The standard InChI is InChI=1S/C21H24O4/c1-2-11-20-12-6-7-13-21(20,25-19(23)15-20)14-10-18(22)24-16-17-8-4-3-5-9-17/h3-5,7-10,13-14H,2,6,11-12,15-16H2,1H3/b14-10+/t20-,21+/m0/s1. The van der Waals surface area contributed by atoms with Crippen molar-refractivity contribution in [2.45, 2.75) is 51.2 Å². The highest BCUT2D eigenvalue weighted by Gasteiger charge is 2.57. The molecule has 2 atom stereocenters. The average molecular weight is 340 g/mol. The van der Waals surface area contributed by atoms with E-state index in [2.05, 4.69) is 6.92 Å². The van der Waals surface area contributed by atoms with Crippen molar-refractivity contribution in [3.63, 3.8) is 0 Å². The number of rotatable bonds is 6. The number of ether oxygens (including phenoxy) is 2. The fourth-order valence-electron chi connectivity index (χ4n) is 3.98. The smallest absolute Gasteiger partial charge is 0.330 e. The molecule has 4 nitrogen and oxygen atoms in total. The van der Waals surface area contributed by atoms with Gasteiger partial charge >= 0.3 is 11.9 Å². The molecule has 1 saturated heterocycles. The van der Waals surface area contributed by atoms with E-state index >= 15 is 0 Å². The van der Waals surface area contributed by atoms with Crippen LogP contribution in [0, 0.1) is 5.41 Å². The van der Waals surface area contributed by atoms with Crippen LogP contribution in [0.25, 0.3) is 0 Å². The minimum absolute atomic E-state index is 0.192. The monoisotopic (exact) mass is 340 g/mol. The predicted molar refractivity (Wildman–Crippen MR) is 94.5 cm³/mol. The quantitative estimate of drug-likeness (QED) is 0.444. The number of fused-ring (bicyclic) bond motifs is 1. The Morgan fingerprint density at radius 3 is 2.88 bits per heavy atom. The third-order valence-corrected chi connectivity index (χ3v) is 5.17. The minimum atomic E-state index is -0.815. The summed E-state index contributed by atoms with van der Waals surface area (Å²) in [5, 5.41) is 0. The number of benzene rings is 1. The number of carbonyl (C=O) groups is 2. The molecule has 132 valence electrons. The highest BCUT2D eigenvalue weighted by atomic mass is 16.6. The predicted octanol–water partition coefficient (Wildman–Crippen LogP) is 4.11. The Hall–Kier alpha value is -2.36. The molecular formula is C21H24O4. The molecule has 1 aliphatic heterocycles. The molecule has 1 fully saturated rings. The molecule has 0 aromatic heterocycles. The molecule has 0 N–H and O–H groups in total. The summed E-state index contributed by atoms with van der Waals surface area (Å²) in [6.07, 6.45) is 11.2. The number of hydrogen-bond donors (Lipinski definition) is 0. The first-order valence-electron chi connectivity index (χ1n) is 8.89. The SMILES string of the molecule is CCC[C@@]12CCC=C[C@]1(/C=C/C(=O)OCc1ccccc1)OC(=O)C2. The maximum absolute atomic E-state index is 12.1. The van der Waals surface area contributed by atoms with Crippen LogP contribution in [0.4, 0.5) is 0 Å². The molecule has 0 saturated carbocycles. The lowest BCUT2D eigenvalue weighted by molar-refractivity contribution is -0.145. The van der Waals surface area contributed by atoms with Crippen molar-refractivity contribution in [2.75, 3.05) is 0 Å². The van der Waals surface area contributed by atoms with Gasteiger partial charge in [0.25, 0.3) is 0 Å². The molecule has 1 heterocycles. The van der Waals surface area contributed by atoms with Crippen LogP contribution in [0.15, 0.2) is 54.6 Å². The Bertz CT molecular complexity index is 691. The molecular weight excluding hydrogens is 316 g/mol. The fourth-order valence-corrected chi connectivity index (χ4v) is 3.98. The minimum Gasteiger partial charge on any atom is -0.458 e. The van der Waals surface area contributed by atoms with Crippen LogP contribution in [0.1, 0.15) is 44.6 Å². The van der Waals surface area contributed by atoms with Gasteiger partial charge in [-0.1, -0.05) is 49.8 Å². The highest BCUT2D eigenvalue weighted by Crippen LogP contribution is 2.54. The molecule has 1 aliphatic carbocycles. The van der Waals surface area contributed by atoms with Crippen LogP contribution in [0.3, 0.4) is 0 Å². The second kappa shape index (κ2) is 7.26. The summed E-state index contributed by atoms with van der Waals surface area (Å²) in [6.45, 7) is 2.34. The lowest BCUT2D eigenvalue weighted by Gasteiger charge is -2.42. The molecule has 2 aliphatic rings. The van der Waals surface area contributed by atoms with Crippen molar-refractivity contribution in [1.29, 1.82) is 0 Å². The Balaban J connectivity index is 1.73. The summed E-state index contributed by atoms with van der Waals surface area (Å²) in [4.78, 5) is 24.2. The molecule has 25 heavy (non-hydrogen) atoms. The lowest BCUT2D eigenvalue weighted by Crippen LogP contribution is -2.43. The largest absolute Gasteiger partial charge is 0.458 e. The number of carbonyl (C=O) groups excluding carboxylic acids is 2. The first-order valence-corrected chi connectivity index (χ1v) is 8.89. The maximum Gasteiger partial charge on any atom is 0.330 e. The van der Waals surface area contributed by atoms with Crippen molar-refractivity contribution in [2.24, 2.45) is 5.41 Å². The van der Waals surface area contributed by atoms with Crippen LogP contribution in [-0.2, 0) is 25.7 Å². The van der Waals surface area contributed by atoms with Crippen molar-refractivity contribution in [3.05, 3.63) is 60.2 Å². The van der Waals surface area contributed by atoms with E-state index in [1.165, 1.54) is 6.08 Å².